The number of aliphatic carboxylic acids is 1. The number of nitrogens with one attached hydrogen (secondary N) is 2. The molecule has 0 radical (unpaired) electrons. The number of rotatable bonds is 12. The number of pyridine rings is 1. The van der Waals surface area contributed by atoms with Crippen LogP contribution < -0.4 is 26.1 Å². The fraction of sp³-hybridized carbons (Fsp3) is 0.444. The summed E-state index contributed by atoms with van der Waals surface area (Å²) < 4.78 is 36.9. The topological polar surface area (TPSA) is 182 Å². The molecule has 1 aliphatic rings. The van der Waals surface area contributed by atoms with E-state index in [1.807, 2.05) is 45.0 Å². The Morgan fingerprint density at radius 2 is 1.82 bits per heavy atom. The van der Waals surface area contributed by atoms with Gasteiger partial charge in [0.05, 0.1) is 11.4 Å². The Morgan fingerprint density at radius 1 is 1.10 bits per heavy atom. The van der Waals surface area contributed by atoms with Crippen molar-refractivity contribution in [3.63, 3.8) is 0 Å². The number of carbonyl (C=O) groups is 2. The van der Waals surface area contributed by atoms with E-state index >= 15 is 0 Å². The van der Waals surface area contributed by atoms with Gasteiger partial charge in [0.2, 0.25) is 5.96 Å². The second-order valence-corrected chi connectivity index (χ2v) is 15.1. The van der Waals surface area contributed by atoms with Crippen LogP contribution in [0.5, 0.6) is 5.75 Å². The number of fused-ring (bicyclic) bond motifs is 1. The van der Waals surface area contributed by atoms with Gasteiger partial charge in [-0.25, -0.2) is 17.9 Å². The normalized spacial score (nSPS) is 14.9. The number of hydrogen-bond acceptors (Lipinski definition) is 7. The first-order chi connectivity index (χ1) is 22.9. The first kappa shape index (κ1) is 37.2. The lowest BCUT2D eigenvalue weighted by Crippen LogP contribution is -2.43. The molecule has 0 aliphatic carbocycles. The Kier molecular flexibility index (Phi) is 11.3. The number of amides is 1. The monoisotopic (exact) mass is 693 g/mol. The van der Waals surface area contributed by atoms with Gasteiger partial charge < -0.3 is 25.5 Å². The molecule has 0 saturated heterocycles. The second-order valence-electron chi connectivity index (χ2n) is 13.5. The molecule has 1 aliphatic heterocycles. The summed E-state index contributed by atoms with van der Waals surface area (Å²) in [6.45, 7) is 13.7. The molecule has 13 heteroatoms. The van der Waals surface area contributed by atoms with Crippen molar-refractivity contribution >= 4 is 27.9 Å². The molecule has 49 heavy (non-hydrogen) atoms. The maximum atomic E-state index is 13.5. The Hall–Kier alpha value is -4.65. The molecule has 0 saturated carbocycles. The molecule has 0 spiro atoms. The summed E-state index contributed by atoms with van der Waals surface area (Å²) in [6.07, 6.45) is 3.13. The highest BCUT2D eigenvalue weighted by atomic mass is 32.2. The van der Waals surface area contributed by atoms with Crippen LogP contribution >= 0.6 is 0 Å². The van der Waals surface area contributed by atoms with Crippen molar-refractivity contribution < 1.29 is 27.9 Å². The van der Waals surface area contributed by atoms with Crippen molar-refractivity contribution in [3.05, 3.63) is 91.9 Å². The molecule has 12 nitrogen and oxygen atoms in total. The molecule has 1 amide bonds. The van der Waals surface area contributed by atoms with E-state index in [2.05, 4.69) is 28.9 Å². The lowest BCUT2D eigenvalue weighted by atomic mass is 9.88. The Balaban J connectivity index is 1.39. The van der Waals surface area contributed by atoms with Crippen LogP contribution in [0.1, 0.15) is 96.6 Å². The van der Waals surface area contributed by atoms with E-state index in [0.29, 0.717) is 23.5 Å². The maximum absolute atomic E-state index is 13.5. The van der Waals surface area contributed by atoms with Crippen molar-refractivity contribution in [3.8, 4) is 5.75 Å². The summed E-state index contributed by atoms with van der Waals surface area (Å²) in [4.78, 5) is 42.4. The minimum atomic E-state index is -4.10. The van der Waals surface area contributed by atoms with Crippen molar-refractivity contribution in [1.29, 1.82) is 0 Å². The van der Waals surface area contributed by atoms with E-state index < -0.39 is 33.5 Å². The number of carboxylic acids is 1. The largest absolute Gasteiger partial charge is 0.487 e. The van der Waals surface area contributed by atoms with Crippen LogP contribution in [0.3, 0.4) is 0 Å². The minimum Gasteiger partial charge on any atom is -0.487 e. The summed E-state index contributed by atoms with van der Waals surface area (Å²) in [6, 6.07) is 9.46. The highest BCUT2D eigenvalue weighted by molar-refractivity contribution is 7.90. The standard InChI is InChI=1S/C36H47N5O7S/c1-21(2)26-12-8-11-25(19-26)20-41-18-10-13-28(33(41)43)32(42)39-29(34(44)45)14-9-17-38-35(37)40-49(46,47)31-23(4)22(3)30-27(24(31)5)15-16-36(6,7)48-30/h8,10-13,18-19,21,29H,9,14-17,20H2,1-7H3,(H,39,42)(H,44,45)(H3,37,38,40)/t29-/m0/s1. The van der Waals surface area contributed by atoms with Gasteiger partial charge in [-0.3, -0.25) is 14.6 Å². The third-order valence-electron chi connectivity index (χ3n) is 8.95. The molecule has 3 aromatic rings. The number of ether oxygens (including phenoxy) is 1. The SMILES string of the molecule is Cc1c(C)c(S(=O)(=O)NC(N)=NCCC[C@H](NC(=O)c2cccn(Cc3cccc(C(C)C)c3)c2=O)C(=O)O)c(C)c2c1OC(C)(C)CC2. The van der Waals surface area contributed by atoms with Gasteiger partial charge in [0.1, 0.15) is 23.0 Å². The van der Waals surface area contributed by atoms with E-state index in [0.717, 1.165) is 34.4 Å². The van der Waals surface area contributed by atoms with Gasteiger partial charge in [0.15, 0.2) is 0 Å². The molecule has 2 aromatic carbocycles. The molecular weight excluding hydrogens is 646 g/mol. The number of nitrogens with zero attached hydrogens (tertiary/aromatic N) is 2. The minimum absolute atomic E-state index is 0.00824. The van der Waals surface area contributed by atoms with Crippen LogP contribution in [-0.4, -0.2) is 54.1 Å². The van der Waals surface area contributed by atoms with E-state index in [4.69, 9.17) is 10.5 Å². The number of hydrogen-bond donors (Lipinski definition) is 4. The fourth-order valence-corrected chi connectivity index (χ4v) is 7.57. The molecule has 4 rings (SSSR count). The van der Waals surface area contributed by atoms with Crippen LogP contribution in [0.15, 0.2) is 57.3 Å². The van der Waals surface area contributed by atoms with Crippen molar-refractivity contribution in [2.24, 2.45) is 10.7 Å². The van der Waals surface area contributed by atoms with Crippen LogP contribution in [0.25, 0.3) is 0 Å². The molecule has 0 bridgehead atoms. The van der Waals surface area contributed by atoms with Gasteiger partial charge in [0, 0.05) is 12.7 Å². The second kappa shape index (κ2) is 14.9. The first-order valence-electron chi connectivity index (χ1n) is 16.4. The van der Waals surface area contributed by atoms with Gasteiger partial charge >= 0.3 is 5.97 Å². The number of carboxylic acid groups (broad SMARTS) is 1. The molecule has 5 N–H and O–H groups in total. The average molecular weight is 694 g/mol. The lowest BCUT2D eigenvalue weighted by Gasteiger charge is -2.35. The quantitative estimate of drug-likeness (QED) is 0.123. The van der Waals surface area contributed by atoms with Crippen molar-refractivity contribution in [2.45, 2.75) is 103 Å². The zero-order valence-electron chi connectivity index (χ0n) is 29.2. The van der Waals surface area contributed by atoms with Gasteiger partial charge in [-0.15, -0.1) is 0 Å². The van der Waals surface area contributed by atoms with E-state index in [1.165, 1.54) is 10.6 Å². The lowest BCUT2D eigenvalue weighted by molar-refractivity contribution is -0.139. The van der Waals surface area contributed by atoms with E-state index in [-0.39, 0.29) is 48.0 Å². The fourth-order valence-electron chi connectivity index (χ4n) is 6.04. The molecular formula is C36H47N5O7S. The predicted molar refractivity (Wildman–Crippen MR) is 189 cm³/mol. The smallest absolute Gasteiger partial charge is 0.326 e. The summed E-state index contributed by atoms with van der Waals surface area (Å²) in [5, 5.41) is 12.2. The number of nitrogens with two attached hydrogens (primary N) is 1. The highest BCUT2D eigenvalue weighted by Crippen LogP contribution is 2.42. The third kappa shape index (κ3) is 8.69. The Morgan fingerprint density at radius 3 is 2.49 bits per heavy atom. The van der Waals surface area contributed by atoms with Crippen molar-refractivity contribution in [2.75, 3.05) is 6.54 Å². The third-order valence-corrected chi connectivity index (χ3v) is 10.6. The van der Waals surface area contributed by atoms with Crippen molar-refractivity contribution in [1.82, 2.24) is 14.6 Å². The molecule has 2 heterocycles. The van der Waals surface area contributed by atoms with E-state index in [1.54, 1.807) is 26.1 Å². The summed E-state index contributed by atoms with van der Waals surface area (Å²) in [5.41, 5.74) is 9.67. The first-order valence-corrected chi connectivity index (χ1v) is 17.9. The van der Waals surface area contributed by atoms with E-state index in [9.17, 15) is 27.9 Å². The predicted octanol–water partition coefficient (Wildman–Crippen LogP) is 4.31. The Bertz CT molecular complexity index is 1950. The number of benzene rings is 2. The number of guanidine groups is 1. The number of aromatic nitrogens is 1. The summed E-state index contributed by atoms with van der Waals surface area (Å²) in [7, 11) is -4.10. The van der Waals surface area contributed by atoms with Gasteiger partial charge in [0.25, 0.3) is 21.5 Å². The van der Waals surface area contributed by atoms with Crippen LogP contribution in [0, 0.1) is 20.8 Å². The van der Waals surface area contributed by atoms with Crippen LogP contribution in [0.2, 0.25) is 0 Å². The van der Waals surface area contributed by atoms with Crippen LogP contribution in [-0.2, 0) is 27.8 Å². The molecule has 1 aromatic heterocycles. The highest BCUT2D eigenvalue weighted by Gasteiger charge is 2.33. The molecule has 264 valence electrons. The van der Waals surface area contributed by atoms with Gasteiger partial charge in [-0.05, 0) is 112 Å². The summed E-state index contributed by atoms with van der Waals surface area (Å²) >= 11 is 0. The van der Waals surface area contributed by atoms with Crippen LogP contribution in [0.4, 0.5) is 0 Å². The number of aliphatic imine (C=N–C) groups is 1. The Labute approximate surface area is 287 Å². The number of sulfonamides is 1. The zero-order chi connectivity index (χ0) is 36.3. The average Bonchev–Trinajstić information content (AvgIpc) is 3.01. The summed E-state index contributed by atoms with van der Waals surface area (Å²) in [5.74, 6) is -1.40. The molecule has 0 fully saturated rings. The maximum Gasteiger partial charge on any atom is 0.326 e. The molecule has 0 unspecified atom stereocenters. The van der Waals surface area contributed by atoms with Gasteiger partial charge in [-0.1, -0.05) is 38.1 Å². The zero-order valence-corrected chi connectivity index (χ0v) is 30.0. The number of carbonyl (C=O) groups excluding carboxylic acids is 1. The van der Waals surface area contributed by atoms with Gasteiger partial charge in [-0.2, -0.15) is 0 Å². The molecule has 1 atom stereocenters.